The topological polar surface area (TPSA) is 38.8 Å². The number of piperidine rings is 1. The van der Waals surface area contributed by atoms with E-state index in [0.29, 0.717) is 29.0 Å². The molecule has 0 spiro atoms. The Bertz CT molecular complexity index is 695. The number of amides is 1. The van der Waals surface area contributed by atoms with Gasteiger partial charge in [0.1, 0.15) is 4.88 Å². The van der Waals surface area contributed by atoms with Crippen LogP contribution in [-0.2, 0) is 9.47 Å². The minimum atomic E-state index is 0.0555. The fourth-order valence-corrected chi connectivity index (χ4v) is 4.47. The number of rotatable bonds is 6. The zero-order chi connectivity index (χ0) is 16.9. The van der Waals surface area contributed by atoms with Crippen LogP contribution in [0.4, 0.5) is 0 Å². The van der Waals surface area contributed by atoms with Gasteiger partial charge in [0.25, 0.3) is 5.91 Å². The van der Waals surface area contributed by atoms with E-state index in [9.17, 15) is 4.79 Å². The van der Waals surface area contributed by atoms with Crippen molar-refractivity contribution in [2.75, 3.05) is 40.0 Å². The Kier molecular flexibility index (Phi) is 6.11. The van der Waals surface area contributed by atoms with Crippen LogP contribution in [0.15, 0.2) is 24.3 Å². The highest BCUT2D eigenvalue weighted by molar-refractivity contribution is 7.21. The predicted molar refractivity (Wildman–Crippen MR) is 98.2 cm³/mol. The molecule has 1 saturated heterocycles. The molecule has 0 atom stereocenters. The number of carbonyl (C=O) groups is 1. The van der Waals surface area contributed by atoms with Crippen LogP contribution in [0.5, 0.6) is 0 Å². The van der Waals surface area contributed by atoms with E-state index in [-0.39, 0.29) is 5.91 Å². The molecule has 6 heteroatoms. The van der Waals surface area contributed by atoms with Gasteiger partial charge in [-0.3, -0.25) is 4.79 Å². The third kappa shape index (κ3) is 3.91. The van der Waals surface area contributed by atoms with Gasteiger partial charge in [-0.05, 0) is 24.8 Å². The second-order valence-electron chi connectivity index (χ2n) is 6.04. The first-order valence-corrected chi connectivity index (χ1v) is 9.43. The van der Waals surface area contributed by atoms with Crippen LogP contribution >= 0.6 is 22.9 Å². The van der Waals surface area contributed by atoms with Gasteiger partial charge in [-0.15, -0.1) is 11.3 Å². The molecule has 0 unspecified atom stereocenters. The maximum atomic E-state index is 12.8. The number of carbonyl (C=O) groups excluding carboxylic acids is 1. The zero-order valence-corrected chi connectivity index (χ0v) is 15.4. The highest BCUT2D eigenvalue weighted by Gasteiger charge is 2.26. The van der Waals surface area contributed by atoms with Crippen molar-refractivity contribution in [2.45, 2.75) is 12.8 Å². The molecule has 0 bridgehead atoms. The summed E-state index contributed by atoms with van der Waals surface area (Å²) in [5, 5.41) is 1.56. The number of hydrogen-bond donors (Lipinski definition) is 0. The van der Waals surface area contributed by atoms with E-state index >= 15 is 0 Å². The summed E-state index contributed by atoms with van der Waals surface area (Å²) in [5.74, 6) is 0.573. The average Bonchev–Trinajstić information content (AvgIpc) is 2.96. The predicted octanol–water partition coefficient (Wildman–Crippen LogP) is 4.07. The molecule has 0 N–H and O–H groups in total. The summed E-state index contributed by atoms with van der Waals surface area (Å²) in [6.45, 7) is 3.53. The van der Waals surface area contributed by atoms with E-state index in [1.54, 1.807) is 7.11 Å². The third-order valence-corrected chi connectivity index (χ3v) is 6.08. The number of nitrogens with zero attached hydrogens (tertiary/aromatic N) is 1. The van der Waals surface area contributed by atoms with E-state index in [4.69, 9.17) is 21.1 Å². The molecular weight excluding hydrogens is 346 g/mol. The summed E-state index contributed by atoms with van der Waals surface area (Å²) in [5.41, 5.74) is 0. The Labute approximate surface area is 151 Å². The molecule has 130 valence electrons. The van der Waals surface area contributed by atoms with E-state index < -0.39 is 0 Å². The zero-order valence-electron chi connectivity index (χ0n) is 13.8. The summed E-state index contributed by atoms with van der Waals surface area (Å²) < 4.78 is 11.6. The Morgan fingerprint density at radius 3 is 2.75 bits per heavy atom. The van der Waals surface area contributed by atoms with Gasteiger partial charge in [0.05, 0.1) is 18.2 Å². The molecule has 2 aromatic rings. The molecule has 0 radical (unpaired) electrons. The fourth-order valence-electron chi connectivity index (χ4n) is 2.99. The molecule has 2 heterocycles. The highest BCUT2D eigenvalue weighted by atomic mass is 35.5. The first kappa shape index (κ1) is 17.7. The normalized spacial score (nSPS) is 16.0. The van der Waals surface area contributed by atoms with Crippen LogP contribution in [0.3, 0.4) is 0 Å². The number of methoxy groups -OCH3 is 1. The number of benzene rings is 1. The lowest BCUT2D eigenvalue weighted by Crippen LogP contribution is -2.39. The van der Waals surface area contributed by atoms with Crippen LogP contribution in [0, 0.1) is 5.92 Å². The van der Waals surface area contributed by atoms with Crippen LogP contribution in [0.2, 0.25) is 5.02 Å². The Hall–Kier alpha value is -1.14. The smallest absolute Gasteiger partial charge is 0.265 e. The molecule has 24 heavy (non-hydrogen) atoms. The summed E-state index contributed by atoms with van der Waals surface area (Å²) in [6, 6.07) is 7.89. The number of hydrogen-bond acceptors (Lipinski definition) is 4. The lowest BCUT2D eigenvalue weighted by molar-refractivity contribution is 0.0329. The molecule has 0 aliphatic carbocycles. The van der Waals surface area contributed by atoms with Crippen molar-refractivity contribution in [2.24, 2.45) is 5.92 Å². The molecule has 1 aliphatic heterocycles. The van der Waals surface area contributed by atoms with E-state index in [2.05, 4.69) is 0 Å². The molecule has 1 amide bonds. The molecule has 0 saturated carbocycles. The summed E-state index contributed by atoms with van der Waals surface area (Å²) in [7, 11) is 1.67. The van der Waals surface area contributed by atoms with E-state index in [1.165, 1.54) is 11.3 Å². The molecule has 3 rings (SSSR count). The van der Waals surface area contributed by atoms with Crippen molar-refractivity contribution < 1.29 is 14.3 Å². The largest absolute Gasteiger partial charge is 0.382 e. The van der Waals surface area contributed by atoms with Crippen LogP contribution in [0.25, 0.3) is 10.1 Å². The van der Waals surface area contributed by atoms with Crippen molar-refractivity contribution in [1.29, 1.82) is 0 Å². The summed E-state index contributed by atoms with van der Waals surface area (Å²) in [6.07, 6.45) is 1.95. The highest BCUT2D eigenvalue weighted by Crippen LogP contribution is 2.36. The lowest BCUT2D eigenvalue weighted by Gasteiger charge is -2.31. The summed E-state index contributed by atoms with van der Waals surface area (Å²) in [4.78, 5) is 15.4. The number of thiophene rings is 1. The lowest BCUT2D eigenvalue weighted by atomic mass is 9.97. The molecule has 4 nitrogen and oxygen atoms in total. The van der Waals surface area contributed by atoms with E-state index in [0.717, 1.165) is 42.6 Å². The molecule has 1 aromatic heterocycles. The van der Waals surface area contributed by atoms with Gasteiger partial charge in [-0.2, -0.15) is 0 Å². The standard InChI is InChI=1S/C18H22ClNO3S/c1-22-10-11-23-12-13-6-8-20(9-7-13)18(21)17-16(19)14-4-2-3-5-15(14)24-17/h2-5,13H,6-12H2,1H3. The Balaban J connectivity index is 1.57. The van der Waals surface area contributed by atoms with Gasteiger partial charge in [0.2, 0.25) is 0 Å². The maximum Gasteiger partial charge on any atom is 0.265 e. The summed E-state index contributed by atoms with van der Waals surface area (Å²) >= 11 is 7.91. The fraction of sp³-hybridized carbons (Fsp3) is 0.500. The second-order valence-corrected chi connectivity index (χ2v) is 7.47. The van der Waals surface area contributed by atoms with Gasteiger partial charge in [-0.25, -0.2) is 0 Å². The monoisotopic (exact) mass is 367 g/mol. The van der Waals surface area contributed by atoms with Crippen LogP contribution in [-0.4, -0.2) is 50.8 Å². The van der Waals surface area contributed by atoms with Crippen molar-refractivity contribution >= 4 is 38.9 Å². The Morgan fingerprint density at radius 1 is 1.29 bits per heavy atom. The minimum absolute atomic E-state index is 0.0555. The molecule has 1 aromatic carbocycles. The second kappa shape index (κ2) is 8.30. The molecule has 1 aliphatic rings. The van der Waals surface area contributed by atoms with Gasteiger partial charge in [0, 0.05) is 36.9 Å². The number of fused-ring (bicyclic) bond motifs is 1. The molecule has 1 fully saturated rings. The number of halogens is 1. The quantitative estimate of drug-likeness (QED) is 0.722. The third-order valence-electron chi connectivity index (χ3n) is 4.42. The van der Waals surface area contributed by atoms with Gasteiger partial charge in [-0.1, -0.05) is 29.8 Å². The molecular formula is C18H22ClNO3S. The van der Waals surface area contributed by atoms with Gasteiger partial charge in [0.15, 0.2) is 0 Å². The van der Waals surface area contributed by atoms with Crippen LogP contribution < -0.4 is 0 Å². The Morgan fingerprint density at radius 2 is 2.04 bits per heavy atom. The minimum Gasteiger partial charge on any atom is -0.382 e. The van der Waals surface area contributed by atoms with Crippen molar-refractivity contribution in [3.8, 4) is 0 Å². The van der Waals surface area contributed by atoms with Crippen molar-refractivity contribution in [3.63, 3.8) is 0 Å². The number of likely N-dealkylation sites (tertiary alicyclic amines) is 1. The van der Waals surface area contributed by atoms with E-state index in [1.807, 2.05) is 29.2 Å². The van der Waals surface area contributed by atoms with Crippen molar-refractivity contribution in [1.82, 2.24) is 4.90 Å². The van der Waals surface area contributed by atoms with Gasteiger partial charge < -0.3 is 14.4 Å². The van der Waals surface area contributed by atoms with Crippen molar-refractivity contribution in [3.05, 3.63) is 34.2 Å². The number of ether oxygens (including phenoxy) is 2. The average molecular weight is 368 g/mol. The SMILES string of the molecule is COCCOCC1CCN(C(=O)c2sc3ccccc3c2Cl)CC1. The maximum absolute atomic E-state index is 12.8. The van der Waals surface area contributed by atoms with Gasteiger partial charge >= 0.3 is 0 Å². The van der Waals surface area contributed by atoms with Crippen LogP contribution in [0.1, 0.15) is 22.5 Å². The first-order valence-electron chi connectivity index (χ1n) is 8.23. The first-order chi connectivity index (χ1) is 11.7.